The Hall–Kier alpha value is -2.55. The number of ether oxygens (including phenoxy) is 1. The van der Waals surface area contributed by atoms with E-state index in [9.17, 15) is 13.2 Å². The van der Waals surface area contributed by atoms with Crippen molar-refractivity contribution in [3.63, 3.8) is 0 Å². The van der Waals surface area contributed by atoms with Gasteiger partial charge in [-0.15, -0.1) is 0 Å². The molecule has 1 N–H and O–H groups in total. The van der Waals surface area contributed by atoms with Gasteiger partial charge in [-0.2, -0.15) is 0 Å². The van der Waals surface area contributed by atoms with E-state index in [4.69, 9.17) is 16.3 Å². The maximum atomic E-state index is 13.3. The van der Waals surface area contributed by atoms with E-state index in [2.05, 4.69) is 21.2 Å². The standard InChI is InChI=1S/C21H18BrClN2O4S/c1-29-19-10-12-20(13-11-19)30(27,28)25(18-8-4-16(23)5-9-18)14-21(26)24-17-6-2-15(22)3-7-17/h2-13H,14H2,1H3,(H,24,26). The fourth-order valence-electron chi connectivity index (χ4n) is 2.66. The van der Waals surface area contributed by atoms with Crippen LogP contribution in [-0.4, -0.2) is 28.0 Å². The average Bonchev–Trinajstić information content (AvgIpc) is 2.74. The van der Waals surface area contributed by atoms with Crippen molar-refractivity contribution in [2.45, 2.75) is 4.90 Å². The van der Waals surface area contributed by atoms with Gasteiger partial charge in [0.1, 0.15) is 12.3 Å². The van der Waals surface area contributed by atoms with Crippen molar-refractivity contribution in [1.82, 2.24) is 0 Å². The van der Waals surface area contributed by atoms with Gasteiger partial charge < -0.3 is 10.1 Å². The van der Waals surface area contributed by atoms with E-state index in [1.54, 1.807) is 60.7 Å². The van der Waals surface area contributed by atoms with Gasteiger partial charge in [-0.05, 0) is 72.8 Å². The topological polar surface area (TPSA) is 75.7 Å². The van der Waals surface area contributed by atoms with Gasteiger partial charge >= 0.3 is 0 Å². The van der Waals surface area contributed by atoms with Crippen LogP contribution in [0.25, 0.3) is 0 Å². The van der Waals surface area contributed by atoms with Gasteiger partial charge in [0.25, 0.3) is 10.0 Å². The second kappa shape index (κ2) is 9.51. The number of benzene rings is 3. The molecule has 0 aliphatic carbocycles. The Morgan fingerprint density at radius 1 is 1.00 bits per heavy atom. The molecule has 0 aromatic heterocycles. The first-order chi connectivity index (χ1) is 14.3. The minimum Gasteiger partial charge on any atom is -0.497 e. The van der Waals surface area contributed by atoms with Crippen molar-refractivity contribution in [2.24, 2.45) is 0 Å². The lowest BCUT2D eigenvalue weighted by Crippen LogP contribution is -2.38. The molecule has 0 spiro atoms. The molecule has 9 heteroatoms. The molecule has 0 saturated heterocycles. The molecule has 0 unspecified atom stereocenters. The third kappa shape index (κ3) is 5.33. The summed E-state index contributed by atoms with van der Waals surface area (Å²) >= 11 is 9.27. The molecule has 3 aromatic rings. The van der Waals surface area contributed by atoms with E-state index >= 15 is 0 Å². The highest BCUT2D eigenvalue weighted by Gasteiger charge is 2.27. The number of halogens is 2. The SMILES string of the molecule is COc1ccc(S(=O)(=O)N(CC(=O)Nc2ccc(Br)cc2)c2ccc(Cl)cc2)cc1. The third-order valence-electron chi connectivity index (χ3n) is 4.18. The lowest BCUT2D eigenvalue weighted by molar-refractivity contribution is -0.114. The summed E-state index contributed by atoms with van der Waals surface area (Å²) in [6.45, 7) is -0.411. The second-order valence-corrected chi connectivity index (χ2v) is 9.43. The van der Waals surface area contributed by atoms with Crippen LogP contribution in [0, 0.1) is 0 Å². The summed E-state index contributed by atoms with van der Waals surface area (Å²) in [5.41, 5.74) is 0.877. The Balaban J connectivity index is 1.92. The van der Waals surface area contributed by atoms with Crippen LogP contribution < -0.4 is 14.4 Å². The Bertz CT molecular complexity index is 1120. The van der Waals surface area contributed by atoms with E-state index < -0.39 is 22.5 Å². The van der Waals surface area contributed by atoms with Crippen LogP contribution in [0.15, 0.2) is 82.2 Å². The summed E-state index contributed by atoms with van der Waals surface area (Å²) < 4.78 is 33.6. The zero-order chi connectivity index (χ0) is 21.7. The molecule has 3 aromatic carbocycles. The minimum absolute atomic E-state index is 0.0368. The maximum Gasteiger partial charge on any atom is 0.264 e. The summed E-state index contributed by atoms with van der Waals surface area (Å²) in [6, 6.07) is 19.2. The number of nitrogens with zero attached hydrogens (tertiary/aromatic N) is 1. The van der Waals surface area contributed by atoms with Gasteiger partial charge in [0.05, 0.1) is 17.7 Å². The summed E-state index contributed by atoms with van der Waals surface area (Å²) in [6.07, 6.45) is 0. The van der Waals surface area contributed by atoms with Gasteiger partial charge in [-0.25, -0.2) is 8.42 Å². The first-order valence-corrected chi connectivity index (χ1v) is 11.4. The predicted molar refractivity (Wildman–Crippen MR) is 122 cm³/mol. The van der Waals surface area contributed by atoms with E-state index in [0.29, 0.717) is 22.1 Å². The van der Waals surface area contributed by atoms with E-state index in [0.717, 1.165) is 8.78 Å². The van der Waals surface area contributed by atoms with E-state index in [1.165, 1.54) is 19.2 Å². The maximum absolute atomic E-state index is 13.3. The van der Waals surface area contributed by atoms with Crippen molar-refractivity contribution < 1.29 is 17.9 Å². The number of methoxy groups -OCH3 is 1. The second-order valence-electron chi connectivity index (χ2n) is 6.22. The molecule has 0 radical (unpaired) electrons. The van der Waals surface area contributed by atoms with Crippen molar-refractivity contribution in [2.75, 3.05) is 23.3 Å². The molecular formula is C21H18BrClN2O4S. The van der Waals surface area contributed by atoms with Gasteiger partial charge in [0.15, 0.2) is 0 Å². The quantitative estimate of drug-likeness (QED) is 0.489. The molecule has 6 nitrogen and oxygen atoms in total. The van der Waals surface area contributed by atoms with Crippen LogP contribution in [0.5, 0.6) is 5.75 Å². The zero-order valence-electron chi connectivity index (χ0n) is 15.9. The number of carbonyl (C=O) groups excluding carboxylic acids is 1. The molecule has 156 valence electrons. The van der Waals surface area contributed by atoms with Gasteiger partial charge in [0, 0.05) is 15.2 Å². The Morgan fingerprint density at radius 3 is 2.17 bits per heavy atom. The predicted octanol–water partition coefficient (Wildman–Crippen LogP) is 4.95. The molecule has 0 aliphatic heterocycles. The number of nitrogens with one attached hydrogen (secondary N) is 1. The number of rotatable bonds is 7. The Morgan fingerprint density at radius 2 is 1.60 bits per heavy atom. The van der Waals surface area contributed by atoms with Crippen LogP contribution >= 0.6 is 27.5 Å². The largest absolute Gasteiger partial charge is 0.497 e. The fourth-order valence-corrected chi connectivity index (χ4v) is 4.47. The first kappa shape index (κ1) is 22.1. The number of amides is 1. The molecule has 0 fully saturated rings. The molecule has 0 heterocycles. The smallest absolute Gasteiger partial charge is 0.264 e. The molecule has 0 aliphatic rings. The molecular weight excluding hydrogens is 492 g/mol. The first-order valence-electron chi connectivity index (χ1n) is 8.77. The van der Waals surface area contributed by atoms with Crippen LogP contribution in [0.4, 0.5) is 11.4 Å². The monoisotopic (exact) mass is 508 g/mol. The number of sulfonamides is 1. The van der Waals surface area contributed by atoms with Gasteiger partial charge in [0.2, 0.25) is 5.91 Å². The number of anilines is 2. The van der Waals surface area contributed by atoms with Crippen LogP contribution in [0.1, 0.15) is 0 Å². The summed E-state index contributed by atoms with van der Waals surface area (Å²) in [4.78, 5) is 12.7. The van der Waals surface area contributed by atoms with Crippen molar-refractivity contribution in [1.29, 1.82) is 0 Å². The van der Waals surface area contributed by atoms with Crippen LogP contribution in [0.2, 0.25) is 5.02 Å². The minimum atomic E-state index is -4.02. The molecule has 3 rings (SSSR count). The van der Waals surface area contributed by atoms with Crippen molar-refractivity contribution in [3.05, 3.63) is 82.3 Å². The lowest BCUT2D eigenvalue weighted by atomic mass is 10.3. The number of hydrogen-bond acceptors (Lipinski definition) is 4. The fraction of sp³-hybridized carbons (Fsp3) is 0.0952. The highest BCUT2D eigenvalue weighted by molar-refractivity contribution is 9.10. The average molecular weight is 510 g/mol. The van der Waals surface area contributed by atoms with E-state index in [1.807, 2.05) is 0 Å². The van der Waals surface area contributed by atoms with Crippen molar-refractivity contribution >= 4 is 54.8 Å². The van der Waals surface area contributed by atoms with Crippen LogP contribution in [-0.2, 0) is 14.8 Å². The summed E-state index contributed by atoms with van der Waals surface area (Å²) in [7, 11) is -2.52. The number of hydrogen-bond donors (Lipinski definition) is 1. The number of carbonyl (C=O) groups is 1. The molecule has 0 atom stereocenters. The third-order valence-corrected chi connectivity index (χ3v) is 6.75. The molecule has 0 bridgehead atoms. The lowest BCUT2D eigenvalue weighted by Gasteiger charge is -2.24. The van der Waals surface area contributed by atoms with Crippen molar-refractivity contribution in [3.8, 4) is 5.75 Å². The normalized spacial score (nSPS) is 11.0. The van der Waals surface area contributed by atoms with Crippen LogP contribution in [0.3, 0.4) is 0 Å². The molecule has 30 heavy (non-hydrogen) atoms. The van der Waals surface area contributed by atoms with Gasteiger partial charge in [-0.1, -0.05) is 27.5 Å². The summed E-state index contributed by atoms with van der Waals surface area (Å²) in [5.74, 6) is 0.0457. The zero-order valence-corrected chi connectivity index (χ0v) is 19.0. The molecule has 1 amide bonds. The highest BCUT2D eigenvalue weighted by atomic mass is 79.9. The Kier molecular flexibility index (Phi) is 7.02. The summed E-state index contributed by atoms with van der Waals surface area (Å²) in [5, 5.41) is 3.17. The van der Waals surface area contributed by atoms with Gasteiger partial charge in [-0.3, -0.25) is 9.10 Å². The van der Waals surface area contributed by atoms with E-state index in [-0.39, 0.29) is 4.90 Å². The highest BCUT2D eigenvalue weighted by Crippen LogP contribution is 2.26. The molecule has 0 saturated carbocycles. The Labute approximate surface area is 188 Å².